The molecule has 0 aromatic heterocycles. The van der Waals surface area contributed by atoms with Crippen molar-refractivity contribution in [3.63, 3.8) is 0 Å². The van der Waals surface area contributed by atoms with Gasteiger partial charge in [0.2, 0.25) is 5.91 Å². The standard InChI is InChI=1S/C19H29N3O2S.ClH/c1-19(2,3)15-8-6-14(7-9-15)17(23)22-13-25-12-16(22)18(24)21(5)11-10-20-4;/h6-9,16,20H,10-13H2,1-5H3;1H. The normalized spacial score (nSPS) is 17.0. The smallest absolute Gasteiger partial charge is 0.255 e. The lowest BCUT2D eigenvalue weighted by atomic mass is 9.86. The molecule has 0 spiro atoms. The van der Waals surface area contributed by atoms with Crippen molar-refractivity contribution in [2.75, 3.05) is 38.8 Å². The molecule has 146 valence electrons. The molecule has 2 amide bonds. The molecule has 7 heteroatoms. The summed E-state index contributed by atoms with van der Waals surface area (Å²) in [6.45, 7) is 7.83. The molecule has 0 bridgehead atoms. The van der Waals surface area contributed by atoms with Crippen LogP contribution in [0.2, 0.25) is 0 Å². The van der Waals surface area contributed by atoms with Crippen molar-refractivity contribution in [3.8, 4) is 0 Å². The minimum absolute atomic E-state index is 0. The van der Waals surface area contributed by atoms with Gasteiger partial charge in [-0.2, -0.15) is 0 Å². The van der Waals surface area contributed by atoms with Gasteiger partial charge in [0, 0.05) is 31.5 Å². The zero-order valence-corrected chi connectivity index (χ0v) is 17.9. The van der Waals surface area contributed by atoms with Crippen molar-refractivity contribution in [2.24, 2.45) is 0 Å². The molecule has 1 aliphatic rings. The van der Waals surface area contributed by atoms with Crippen molar-refractivity contribution in [1.82, 2.24) is 15.1 Å². The second-order valence-electron chi connectivity index (χ2n) is 7.48. The summed E-state index contributed by atoms with van der Waals surface area (Å²) in [5.74, 6) is 1.18. The van der Waals surface area contributed by atoms with Crippen LogP contribution in [0.5, 0.6) is 0 Å². The number of rotatable bonds is 5. The van der Waals surface area contributed by atoms with Crippen LogP contribution in [0, 0.1) is 0 Å². The molecule has 0 aliphatic carbocycles. The first-order chi connectivity index (χ1) is 11.8. The van der Waals surface area contributed by atoms with Crippen LogP contribution in [0.1, 0.15) is 36.7 Å². The third-order valence-electron chi connectivity index (χ3n) is 4.50. The van der Waals surface area contributed by atoms with Crippen LogP contribution in [0.15, 0.2) is 24.3 Å². The molecular formula is C19H30ClN3O2S. The number of benzene rings is 1. The quantitative estimate of drug-likeness (QED) is 0.826. The van der Waals surface area contributed by atoms with E-state index in [0.29, 0.717) is 23.7 Å². The number of hydrogen-bond donors (Lipinski definition) is 1. The Balaban J connectivity index is 0.00000338. The monoisotopic (exact) mass is 399 g/mol. The van der Waals surface area contributed by atoms with Gasteiger partial charge in [0.05, 0.1) is 5.88 Å². The molecule has 1 heterocycles. The number of nitrogens with one attached hydrogen (secondary N) is 1. The van der Waals surface area contributed by atoms with Gasteiger partial charge in [-0.3, -0.25) is 9.59 Å². The lowest BCUT2D eigenvalue weighted by Gasteiger charge is -2.27. The molecule has 1 aromatic carbocycles. The van der Waals surface area contributed by atoms with E-state index in [1.54, 1.807) is 28.6 Å². The molecule has 1 saturated heterocycles. The lowest BCUT2D eigenvalue weighted by Crippen LogP contribution is -2.48. The summed E-state index contributed by atoms with van der Waals surface area (Å²) in [5.41, 5.74) is 1.89. The van der Waals surface area contributed by atoms with Crippen molar-refractivity contribution in [2.45, 2.75) is 32.2 Å². The Bertz CT molecular complexity index is 616. The Morgan fingerprint density at radius 1 is 1.27 bits per heavy atom. The summed E-state index contributed by atoms with van der Waals surface area (Å²) in [5, 5.41) is 3.04. The van der Waals surface area contributed by atoms with E-state index in [0.717, 1.165) is 6.54 Å². The van der Waals surface area contributed by atoms with Crippen LogP contribution < -0.4 is 5.32 Å². The Kier molecular flexibility index (Phi) is 8.44. The van der Waals surface area contributed by atoms with E-state index in [9.17, 15) is 9.59 Å². The van der Waals surface area contributed by atoms with E-state index in [-0.39, 0.29) is 35.7 Å². The largest absolute Gasteiger partial charge is 0.343 e. The van der Waals surface area contributed by atoms with E-state index in [1.165, 1.54) is 5.56 Å². The average Bonchev–Trinajstić information content (AvgIpc) is 3.07. The maximum Gasteiger partial charge on any atom is 0.255 e. The fourth-order valence-electron chi connectivity index (χ4n) is 2.77. The Morgan fingerprint density at radius 3 is 2.42 bits per heavy atom. The van der Waals surface area contributed by atoms with Gasteiger partial charge >= 0.3 is 0 Å². The summed E-state index contributed by atoms with van der Waals surface area (Å²) in [6, 6.07) is 7.39. The predicted octanol–water partition coefficient (Wildman–Crippen LogP) is 2.60. The third-order valence-corrected chi connectivity index (χ3v) is 5.51. The second-order valence-corrected chi connectivity index (χ2v) is 8.48. The van der Waals surface area contributed by atoms with Gasteiger partial charge < -0.3 is 15.1 Å². The molecule has 1 N–H and O–H groups in total. The van der Waals surface area contributed by atoms with E-state index in [2.05, 4.69) is 26.1 Å². The number of nitrogens with zero attached hydrogens (tertiary/aromatic N) is 2. The highest BCUT2D eigenvalue weighted by Gasteiger charge is 2.36. The number of amides is 2. The highest BCUT2D eigenvalue weighted by Crippen LogP contribution is 2.26. The predicted molar refractivity (Wildman–Crippen MR) is 111 cm³/mol. The first-order valence-electron chi connectivity index (χ1n) is 8.64. The zero-order valence-electron chi connectivity index (χ0n) is 16.2. The lowest BCUT2D eigenvalue weighted by molar-refractivity contribution is -0.133. The number of halogens is 1. The summed E-state index contributed by atoms with van der Waals surface area (Å²) >= 11 is 1.63. The van der Waals surface area contributed by atoms with Crippen LogP contribution in [0.25, 0.3) is 0 Å². The summed E-state index contributed by atoms with van der Waals surface area (Å²) < 4.78 is 0. The van der Waals surface area contributed by atoms with E-state index in [1.807, 2.05) is 31.3 Å². The van der Waals surface area contributed by atoms with Gasteiger partial charge in [0.15, 0.2) is 0 Å². The topological polar surface area (TPSA) is 52.7 Å². The molecule has 1 aromatic rings. The minimum Gasteiger partial charge on any atom is -0.343 e. The van der Waals surface area contributed by atoms with Crippen LogP contribution in [0.3, 0.4) is 0 Å². The minimum atomic E-state index is -0.373. The van der Waals surface area contributed by atoms with E-state index in [4.69, 9.17) is 0 Å². The number of carbonyl (C=O) groups excluding carboxylic acids is 2. The van der Waals surface area contributed by atoms with Crippen molar-refractivity contribution in [1.29, 1.82) is 0 Å². The molecule has 5 nitrogen and oxygen atoms in total. The van der Waals surface area contributed by atoms with Gasteiger partial charge in [0.25, 0.3) is 5.91 Å². The summed E-state index contributed by atoms with van der Waals surface area (Å²) in [6.07, 6.45) is 0. The highest BCUT2D eigenvalue weighted by atomic mass is 35.5. The fraction of sp³-hybridized carbons (Fsp3) is 0.579. The zero-order chi connectivity index (χ0) is 18.6. The molecular weight excluding hydrogens is 370 g/mol. The Hall–Kier alpha value is -1.24. The van der Waals surface area contributed by atoms with Crippen LogP contribution in [-0.2, 0) is 10.2 Å². The molecule has 1 unspecified atom stereocenters. The first-order valence-corrected chi connectivity index (χ1v) is 9.80. The fourth-order valence-corrected chi connectivity index (χ4v) is 3.92. The second kappa shape index (κ2) is 9.62. The van der Waals surface area contributed by atoms with Crippen molar-refractivity contribution >= 4 is 36.0 Å². The molecule has 0 radical (unpaired) electrons. The van der Waals surface area contributed by atoms with Crippen molar-refractivity contribution in [3.05, 3.63) is 35.4 Å². The van der Waals surface area contributed by atoms with Crippen molar-refractivity contribution < 1.29 is 9.59 Å². The van der Waals surface area contributed by atoms with Crippen LogP contribution in [0.4, 0.5) is 0 Å². The molecule has 0 saturated carbocycles. The number of carbonyl (C=O) groups is 2. The molecule has 1 aliphatic heterocycles. The van der Waals surface area contributed by atoms with Gasteiger partial charge in [-0.1, -0.05) is 32.9 Å². The molecule has 1 fully saturated rings. The van der Waals surface area contributed by atoms with E-state index < -0.39 is 0 Å². The molecule has 1 atom stereocenters. The number of thioether (sulfide) groups is 1. The van der Waals surface area contributed by atoms with E-state index >= 15 is 0 Å². The third kappa shape index (κ3) is 5.38. The van der Waals surface area contributed by atoms with Crippen LogP contribution in [-0.4, -0.2) is 66.5 Å². The Morgan fingerprint density at radius 2 is 1.88 bits per heavy atom. The summed E-state index contributed by atoms with van der Waals surface area (Å²) in [4.78, 5) is 29.0. The maximum absolute atomic E-state index is 12.9. The average molecular weight is 400 g/mol. The highest BCUT2D eigenvalue weighted by molar-refractivity contribution is 7.99. The molecule has 26 heavy (non-hydrogen) atoms. The Labute approximate surface area is 167 Å². The van der Waals surface area contributed by atoms with Gasteiger partial charge in [-0.05, 0) is 30.2 Å². The number of hydrogen-bond acceptors (Lipinski definition) is 4. The van der Waals surface area contributed by atoms with Gasteiger partial charge in [-0.25, -0.2) is 0 Å². The van der Waals surface area contributed by atoms with Crippen LogP contribution >= 0.6 is 24.2 Å². The van der Waals surface area contributed by atoms with Gasteiger partial charge in [-0.15, -0.1) is 24.2 Å². The first kappa shape index (κ1) is 22.8. The molecule has 2 rings (SSSR count). The van der Waals surface area contributed by atoms with Gasteiger partial charge in [0.1, 0.15) is 6.04 Å². The maximum atomic E-state index is 12.9. The number of likely N-dealkylation sites (N-methyl/N-ethyl adjacent to an activating group) is 2. The SMILES string of the molecule is CNCCN(C)C(=O)C1CSCN1C(=O)c1ccc(C(C)(C)C)cc1.Cl. The summed E-state index contributed by atoms with van der Waals surface area (Å²) in [7, 11) is 3.66.